The normalized spacial score (nSPS) is 16.2. The molecule has 0 aliphatic heterocycles. The van der Waals surface area contributed by atoms with Crippen molar-refractivity contribution < 1.29 is 9.47 Å². The van der Waals surface area contributed by atoms with Crippen molar-refractivity contribution in [2.75, 3.05) is 20.8 Å². The third-order valence-corrected chi connectivity index (χ3v) is 3.45. The molecule has 1 aromatic carbocycles. The highest BCUT2D eigenvalue weighted by molar-refractivity contribution is 5.44. The number of methoxy groups -OCH3 is 2. The monoisotopic (exact) mass is 264 g/mol. The first-order chi connectivity index (χ1) is 9.24. The number of rotatable bonds is 8. The second kappa shape index (κ2) is 6.78. The topological polar surface area (TPSA) is 42.5 Å². The molecule has 0 amide bonds. The van der Waals surface area contributed by atoms with E-state index < -0.39 is 0 Å². The van der Waals surface area contributed by atoms with Crippen LogP contribution in [0.15, 0.2) is 18.2 Å². The molecule has 2 rings (SSSR count). The molecule has 1 unspecified atom stereocenters. The Labute approximate surface area is 115 Å². The van der Waals surface area contributed by atoms with Gasteiger partial charge < -0.3 is 20.1 Å². The van der Waals surface area contributed by atoms with Crippen molar-refractivity contribution in [1.29, 1.82) is 0 Å². The third-order valence-electron chi connectivity index (χ3n) is 3.45. The van der Waals surface area contributed by atoms with E-state index in [2.05, 4.69) is 17.6 Å². The van der Waals surface area contributed by atoms with Gasteiger partial charge in [-0.25, -0.2) is 0 Å². The van der Waals surface area contributed by atoms with Gasteiger partial charge in [-0.3, -0.25) is 0 Å². The SMILES string of the molecule is COc1cccc(OC)c1CNC(C)CNC1CC1. The molecule has 0 saturated heterocycles. The lowest BCUT2D eigenvalue weighted by molar-refractivity contribution is 0.379. The number of hydrogen-bond donors (Lipinski definition) is 2. The minimum Gasteiger partial charge on any atom is -0.496 e. The van der Waals surface area contributed by atoms with Crippen molar-refractivity contribution in [3.8, 4) is 11.5 Å². The largest absolute Gasteiger partial charge is 0.496 e. The van der Waals surface area contributed by atoms with Crippen molar-refractivity contribution in [1.82, 2.24) is 10.6 Å². The summed E-state index contributed by atoms with van der Waals surface area (Å²) in [6.07, 6.45) is 2.65. The summed E-state index contributed by atoms with van der Waals surface area (Å²) < 4.78 is 10.8. The van der Waals surface area contributed by atoms with E-state index in [0.29, 0.717) is 6.04 Å². The second-order valence-corrected chi connectivity index (χ2v) is 5.11. The smallest absolute Gasteiger partial charge is 0.127 e. The standard InChI is InChI=1S/C15H24N2O2/c1-11(9-17-12-7-8-12)16-10-13-14(18-2)5-4-6-15(13)19-3/h4-6,11-12,16-17H,7-10H2,1-3H3. The zero-order valence-electron chi connectivity index (χ0n) is 12.0. The molecule has 4 heteroatoms. The number of hydrogen-bond acceptors (Lipinski definition) is 4. The Bertz CT molecular complexity index is 383. The highest BCUT2D eigenvalue weighted by Crippen LogP contribution is 2.28. The van der Waals surface area contributed by atoms with Gasteiger partial charge in [0.1, 0.15) is 11.5 Å². The van der Waals surface area contributed by atoms with E-state index in [0.717, 1.165) is 36.2 Å². The molecule has 0 radical (unpaired) electrons. The molecule has 1 aliphatic carbocycles. The van der Waals surface area contributed by atoms with E-state index in [9.17, 15) is 0 Å². The number of ether oxygens (including phenoxy) is 2. The van der Waals surface area contributed by atoms with Crippen LogP contribution in [0, 0.1) is 0 Å². The molecule has 1 atom stereocenters. The average Bonchev–Trinajstić information content (AvgIpc) is 3.26. The molecule has 1 fully saturated rings. The maximum atomic E-state index is 5.39. The van der Waals surface area contributed by atoms with Crippen LogP contribution in [0.4, 0.5) is 0 Å². The van der Waals surface area contributed by atoms with E-state index in [1.54, 1.807) is 14.2 Å². The Morgan fingerprint density at radius 2 is 1.84 bits per heavy atom. The van der Waals surface area contributed by atoms with Gasteiger partial charge in [0.05, 0.1) is 14.2 Å². The zero-order valence-corrected chi connectivity index (χ0v) is 12.0. The van der Waals surface area contributed by atoms with Crippen molar-refractivity contribution in [3.63, 3.8) is 0 Å². The number of nitrogens with one attached hydrogen (secondary N) is 2. The Hall–Kier alpha value is -1.26. The molecule has 106 valence electrons. The quantitative estimate of drug-likeness (QED) is 0.753. The molecule has 0 spiro atoms. The predicted octanol–water partition coefficient (Wildman–Crippen LogP) is 1.93. The van der Waals surface area contributed by atoms with Crippen molar-refractivity contribution in [2.45, 2.75) is 38.4 Å². The maximum Gasteiger partial charge on any atom is 0.127 e. The number of benzene rings is 1. The summed E-state index contributed by atoms with van der Waals surface area (Å²) in [5, 5.41) is 7.03. The predicted molar refractivity (Wildman–Crippen MR) is 76.9 cm³/mol. The molecule has 0 aromatic heterocycles. The summed E-state index contributed by atoms with van der Waals surface area (Å²) in [4.78, 5) is 0. The fraction of sp³-hybridized carbons (Fsp3) is 0.600. The summed E-state index contributed by atoms with van der Waals surface area (Å²) in [5.41, 5.74) is 1.07. The lowest BCUT2D eigenvalue weighted by Crippen LogP contribution is -2.36. The van der Waals surface area contributed by atoms with E-state index >= 15 is 0 Å². The fourth-order valence-corrected chi connectivity index (χ4v) is 2.08. The average molecular weight is 264 g/mol. The molecule has 19 heavy (non-hydrogen) atoms. The van der Waals surface area contributed by atoms with E-state index in [4.69, 9.17) is 9.47 Å². The van der Waals surface area contributed by atoms with Crippen LogP contribution in [0.2, 0.25) is 0 Å². The van der Waals surface area contributed by atoms with Crippen LogP contribution in [-0.4, -0.2) is 32.8 Å². The Balaban J connectivity index is 1.89. The molecule has 0 heterocycles. The lowest BCUT2D eigenvalue weighted by atomic mass is 10.1. The molecule has 1 saturated carbocycles. The molecular formula is C15H24N2O2. The third kappa shape index (κ3) is 4.11. The summed E-state index contributed by atoms with van der Waals surface area (Å²) in [6.45, 7) is 3.94. The first-order valence-electron chi connectivity index (χ1n) is 6.91. The Morgan fingerprint density at radius 3 is 2.37 bits per heavy atom. The van der Waals surface area contributed by atoms with Gasteiger partial charge in [0.25, 0.3) is 0 Å². The van der Waals surface area contributed by atoms with Gasteiger partial charge in [-0.2, -0.15) is 0 Å². The van der Waals surface area contributed by atoms with Gasteiger partial charge in [0, 0.05) is 30.7 Å². The van der Waals surface area contributed by atoms with Crippen LogP contribution in [0.1, 0.15) is 25.3 Å². The lowest BCUT2D eigenvalue weighted by Gasteiger charge is -2.17. The first kappa shape index (κ1) is 14.2. The maximum absolute atomic E-state index is 5.39. The van der Waals surface area contributed by atoms with Crippen LogP contribution in [-0.2, 0) is 6.54 Å². The minimum atomic E-state index is 0.426. The van der Waals surface area contributed by atoms with Crippen LogP contribution in [0.25, 0.3) is 0 Å². The van der Waals surface area contributed by atoms with Crippen molar-refractivity contribution >= 4 is 0 Å². The van der Waals surface area contributed by atoms with Crippen molar-refractivity contribution in [3.05, 3.63) is 23.8 Å². The second-order valence-electron chi connectivity index (χ2n) is 5.11. The minimum absolute atomic E-state index is 0.426. The molecular weight excluding hydrogens is 240 g/mol. The zero-order chi connectivity index (χ0) is 13.7. The summed E-state index contributed by atoms with van der Waals surface area (Å²) in [5.74, 6) is 1.74. The van der Waals surface area contributed by atoms with E-state index in [1.165, 1.54) is 12.8 Å². The molecule has 1 aliphatic rings. The summed E-state index contributed by atoms with van der Waals surface area (Å²) in [6, 6.07) is 7.05. The fourth-order valence-electron chi connectivity index (χ4n) is 2.08. The Kier molecular flexibility index (Phi) is 5.05. The van der Waals surface area contributed by atoms with Gasteiger partial charge >= 0.3 is 0 Å². The van der Waals surface area contributed by atoms with Gasteiger partial charge in [0.2, 0.25) is 0 Å². The molecule has 1 aromatic rings. The van der Waals surface area contributed by atoms with E-state index in [1.807, 2.05) is 18.2 Å². The highest BCUT2D eigenvalue weighted by atomic mass is 16.5. The highest BCUT2D eigenvalue weighted by Gasteiger charge is 2.20. The van der Waals surface area contributed by atoms with Gasteiger partial charge in [-0.05, 0) is 31.9 Å². The summed E-state index contributed by atoms with van der Waals surface area (Å²) >= 11 is 0. The van der Waals surface area contributed by atoms with Gasteiger partial charge in [0.15, 0.2) is 0 Å². The molecule has 4 nitrogen and oxygen atoms in total. The molecule has 2 N–H and O–H groups in total. The van der Waals surface area contributed by atoms with Crippen LogP contribution in [0.3, 0.4) is 0 Å². The van der Waals surface area contributed by atoms with E-state index in [-0.39, 0.29) is 0 Å². The van der Waals surface area contributed by atoms with Crippen molar-refractivity contribution in [2.24, 2.45) is 0 Å². The molecule has 0 bridgehead atoms. The van der Waals surface area contributed by atoms with Gasteiger partial charge in [-0.1, -0.05) is 6.07 Å². The van der Waals surface area contributed by atoms with Crippen LogP contribution < -0.4 is 20.1 Å². The van der Waals surface area contributed by atoms with Gasteiger partial charge in [-0.15, -0.1) is 0 Å². The van der Waals surface area contributed by atoms with Crippen LogP contribution in [0.5, 0.6) is 11.5 Å². The first-order valence-corrected chi connectivity index (χ1v) is 6.91. The van der Waals surface area contributed by atoms with Crippen LogP contribution >= 0.6 is 0 Å². The summed E-state index contributed by atoms with van der Waals surface area (Å²) in [7, 11) is 3.38. The Morgan fingerprint density at radius 1 is 1.21 bits per heavy atom.